The third kappa shape index (κ3) is 3.30. The number of rotatable bonds is 4. The number of halogens is 1. The van der Waals surface area contributed by atoms with E-state index in [-0.39, 0.29) is 11.9 Å². The summed E-state index contributed by atoms with van der Waals surface area (Å²) in [5.74, 6) is 0.690. The average molecular weight is 247 g/mol. The van der Waals surface area contributed by atoms with Crippen LogP contribution in [-0.2, 0) is 0 Å². The monoisotopic (exact) mass is 246 g/mol. The summed E-state index contributed by atoms with van der Waals surface area (Å²) in [7, 11) is 1.60. The summed E-state index contributed by atoms with van der Waals surface area (Å²) in [6.45, 7) is 4.14. The van der Waals surface area contributed by atoms with Crippen molar-refractivity contribution >= 4 is 23.4 Å². The molecule has 0 aliphatic heterocycles. The fourth-order valence-corrected chi connectivity index (χ4v) is 2.42. The van der Waals surface area contributed by atoms with Gasteiger partial charge in [0.2, 0.25) is 0 Å². The van der Waals surface area contributed by atoms with E-state index < -0.39 is 0 Å². The molecule has 84 valence electrons. The Labute approximate surface area is 99.6 Å². The minimum Gasteiger partial charge on any atom is -0.495 e. The molecule has 0 spiro atoms. The Morgan fingerprint density at radius 1 is 1.53 bits per heavy atom. The predicted octanol–water partition coefficient (Wildman–Crippen LogP) is 3.13. The highest BCUT2D eigenvalue weighted by molar-refractivity contribution is 8.00. The van der Waals surface area contributed by atoms with Crippen LogP contribution >= 0.6 is 23.4 Å². The summed E-state index contributed by atoms with van der Waals surface area (Å²) in [6, 6.07) is 3.79. The first-order valence-corrected chi connectivity index (χ1v) is 5.96. The molecule has 0 bridgehead atoms. The number of thioether (sulfide) groups is 1. The van der Waals surface area contributed by atoms with Crippen LogP contribution in [0.1, 0.15) is 12.5 Å². The highest BCUT2D eigenvalue weighted by Crippen LogP contribution is 2.34. The molecule has 1 N–H and O–H groups in total. The maximum Gasteiger partial charge on any atom is 0.137 e. The number of methoxy groups -OCH3 is 1. The van der Waals surface area contributed by atoms with Gasteiger partial charge in [-0.25, -0.2) is 0 Å². The van der Waals surface area contributed by atoms with E-state index in [0.717, 1.165) is 10.5 Å². The molecule has 0 fully saturated rings. The smallest absolute Gasteiger partial charge is 0.137 e. The number of aryl methyl sites for hydroxylation is 1. The number of aliphatic hydroxyl groups excluding tert-OH is 1. The molecular weight excluding hydrogens is 232 g/mol. The molecule has 1 aromatic carbocycles. The molecule has 0 amide bonds. The lowest BCUT2D eigenvalue weighted by atomic mass is 10.2. The molecule has 0 saturated heterocycles. The van der Waals surface area contributed by atoms with Crippen LogP contribution in [0.2, 0.25) is 5.02 Å². The Kier molecular flexibility index (Phi) is 4.77. The topological polar surface area (TPSA) is 29.5 Å². The summed E-state index contributed by atoms with van der Waals surface area (Å²) in [5, 5.41) is 9.76. The van der Waals surface area contributed by atoms with Crippen LogP contribution in [0.15, 0.2) is 17.0 Å². The maximum atomic E-state index is 8.98. The molecule has 0 aromatic heterocycles. The zero-order valence-electron chi connectivity index (χ0n) is 9.08. The van der Waals surface area contributed by atoms with Crippen molar-refractivity contribution in [1.29, 1.82) is 0 Å². The van der Waals surface area contributed by atoms with Gasteiger partial charge in [-0.15, -0.1) is 11.8 Å². The molecular formula is C11H15ClO2S. The van der Waals surface area contributed by atoms with E-state index in [2.05, 4.69) is 0 Å². The van der Waals surface area contributed by atoms with Gasteiger partial charge < -0.3 is 9.84 Å². The fourth-order valence-electron chi connectivity index (χ4n) is 1.17. The van der Waals surface area contributed by atoms with Crippen LogP contribution < -0.4 is 4.74 Å². The van der Waals surface area contributed by atoms with Crippen LogP contribution in [0.3, 0.4) is 0 Å². The Balaban J connectivity index is 2.95. The first kappa shape index (κ1) is 12.7. The predicted molar refractivity (Wildman–Crippen MR) is 65.1 cm³/mol. The molecule has 0 saturated carbocycles. The van der Waals surface area contributed by atoms with E-state index in [1.165, 1.54) is 0 Å². The van der Waals surface area contributed by atoms with Crippen molar-refractivity contribution in [2.24, 2.45) is 0 Å². The largest absolute Gasteiger partial charge is 0.495 e. The quantitative estimate of drug-likeness (QED) is 0.828. The maximum absolute atomic E-state index is 8.98. The second-order valence-corrected chi connectivity index (χ2v) is 5.25. The molecule has 1 unspecified atom stereocenters. The van der Waals surface area contributed by atoms with E-state index in [1.807, 2.05) is 26.0 Å². The van der Waals surface area contributed by atoms with Gasteiger partial charge in [0.05, 0.1) is 18.7 Å². The van der Waals surface area contributed by atoms with Gasteiger partial charge in [0, 0.05) is 10.1 Å². The summed E-state index contributed by atoms with van der Waals surface area (Å²) in [4.78, 5) is 1.09. The highest BCUT2D eigenvalue weighted by Gasteiger charge is 2.09. The van der Waals surface area contributed by atoms with Gasteiger partial charge in [-0.05, 0) is 24.6 Å². The third-order valence-corrected chi connectivity index (χ3v) is 3.58. The first-order valence-electron chi connectivity index (χ1n) is 4.70. The van der Waals surface area contributed by atoms with Crippen molar-refractivity contribution in [3.8, 4) is 5.75 Å². The van der Waals surface area contributed by atoms with Crippen molar-refractivity contribution in [1.82, 2.24) is 0 Å². The zero-order valence-corrected chi connectivity index (χ0v) is 10.7. The summed E-state index contributed by atoms with van der Waals surface area (Å²) in [5.41, 5.74) is 1.11. The Bertz CT molecular complexity index is 342. The molecule has 0 heterocycles. The number of aliphatic hydroxyl groups is 1. The SMILES string of the molecule is COc1cc(C)c(SC(C)CO)cc1Cl. The Morgan fingerprint density at radius 2 is 2.20 bits per heavy atom. The Morgan fingerprint density at radius 3 is 2.73 bits per heavy atom. The highest BCUT2D eigenvalue weighted by atomic mass is 35.5. The normalized spacial score (nSPS) is 12.6. The number of benzene rings is 1. The molecule has 1 aromatic rings. The lowest BCUT2D eigenvalue weighted by molar-refractivity contribution is 0.300. The lowest BCUT2D eigenvalue weighted by Gasteiger charge is -2.12. The average Bonchev–Trinajstić information content (AvgIpc) is 2.22. The van der Waals surface area contributed by atoms with Crippen LogP contribution in [0, 0.1) is 6.92 Å². The third-order valence-electron chi connectivity index (χ3n) is 2.03. The minimum atomic E-state index is 0.160. The lowest BCUT2D eigenvalue weighted by Crippen LogP contribution is -2.02. The van der Waals surface area contributed by atoms with Crippen LogP contribution in [0.4, 0.5) is 0 Å². The number of hydrogen-bond acceptors (Lipinski definition) is 3. The van der Waals surface area contributed by atoms with E-state index in [4.69, 9.17) is 21.4 Å². The molecule has 2 nitrogen and oxygen atoms in total. The minimum absolute atomic E-state index is 0.160. The summed E-state index contributed by atoms with van der Waals surface area (Å²) >= 11 is 7.64. The second-order valence-electron chi connectivity index (χ2n) is 3.36. The molecule has 1 atom stereocenters. The number of hydrogen-bond donors (Lipinski definition) is 1. The zero-order chi connectivity index (χ0) is 11.4. The number of ether oxygens (including phenoxy) is 1. The van der Waals surface area contributed by atoms with Gasteiger partial charge in [-0.3, -0.25) is 0 Å². The van der Waals surface area contributed by atoms with Gasteiger partial charge in [0.25, 0.3) is 0 Å². The van der Waals surface area contributed by atoms with E-state index in [0.29, 0.717) is 10.8 Å². The van der Waals surface area contributed by atoms with Crippen molar-refractivity contribution in [2.45, 2.75) is 24.0 Å². The van der Waals surface area contributed by atoms with Crippen molar-refractivity contribution in [2.75, 3.05) is 13.7 Å². The molecule has 0 radical (unpaired) electrons. The van der Waals surface area contributed by atoms with Crippen molar-refractivity contribution in [3.05, 3.63) is 22.7 Å². The molecule has 0 aliphatic carbocycles. The second kappa shape index (κ2) is 5.64. The fraction of sp³-hybridized carbons (Fsp3) is 0.455. The van der Waals surface area contributed by atoms with Gasteiger partial charge >= 0.3 is 0 Å². The van der Waals surface area contributed by atoms with Gasteiger partial charge in [-0.2, -0.15) is 0 Å². The van der Waals surface area contributed by atoms with Crippen LogP contribution in [0.5, 0.6) is 5.75 Å². The van der Waals surface area contributed by atoms with Gasteiger partial charge in [-0.1, -0.05) is 18.5 Å². The van der Waals surface area contributed by atoms with Gasteiger partial charge in [0.15, 0.2) is 0 Å². The van der Waals surface area contributed by atoms with Crippen LogP contribution in [0.25, 0.3) is 0 Å². The van der Waals surface area contributed by atoms with Crippen molar-refractivity contribution < 1.29 is 9.84 Å². The standard InChI is InChI=1S/C11H15ClO2S/c1-7-4-10(14-3)9(12)5-11(7)15-8(2)6-13/h4-5,8,13H,6H2,1-3H3. The molecule has 4 heteroatoms. The van der Waals surface area contributed by atoms with E-state index in [1.54, 1.807) is 18.9 Å². The summed E-state index contributed by atoms with van der Waals surface area (Å²) < 4.78 is 5.12. The van der Waals surface area contributed by atoms with Gasteiger partial charge in [0.1, 0.15) is 5.75 Å². The van der Waals surface area contributed by atoms with Crippen LogP contribution in [-0.4, -0.2) is 24.1 Å². The first-order chi connectivity index (χ1) is 7.08. The Hall–Kier alpha value is -0.380. The van der Waals surface area contributed by atoms with Crippen molar-refractivity contribution in [3.63, 3.8) is 0 Å². The van der Waals surface area contributed by atoms with E-state index >= 15 is 0 Å². The van der Waals surface area contributed by atoms with E-state index in [9.17, 15) is 0 Å². The summed E-state index contributed by atoms with van der Waals surface area (Å²) in [6.07, 6.45) is 0. The molecule has 1 rings (SSSR count). The molecule has 0 aliphatic rings. The molecule has 15 heavy (non-hydrogen) atoms.